The highest BCUT2D eigenvalue weighted by atomic mass is 127. The van der Waals surface area contributed by atoms with Gasteiger partial charge < -0.3 is 10.6 Å². The first-order valence-electron chi connectivity index (χ1n) is 10.8. The number of hydrogen-bond acceptors (Lipinski definition) is 3. The number of imide groups is 1. The third-order valence-corrected chi connectivity index (χ3v) is 6.76. The van der Waals surface area contributed by atoms with Crippen molar-refractivity contribution in [3.63, 3.8) is 0 Å². The minimum Gasteiger partial charge on any atom is -0.356 e. The molecule has 1 saturated carbocycles. The van der Waals surface area contributed by atoms with E-state index in [-0.39, 0.29) is 59.5 Å². The highest BCUT2D eigenvalue weighted by Gasteiger charge is 2.58. The number of fused-ring (bicyclic) bond motifs is 5. The molecule has 4 rings (SSSR count). The lowest BCUT2D eigenvalue weighted by Gasteiger charge is -2.18. The molecule has 7 heteroatoms. The minimum atomic E-state index is -0.0843. The average molecular weight is 512 g/mol. The third kappa shape index (κ3) is 4.70. The summed E-state index contributed by atoms with van der Waals surface area (Å²) in [6, 6.07) is 0. The van der Waals surface area contributed by atoms with Crippen molar-refractivity contribution in [1.29, 1.82) is 0 Å². The molecule has 0 aromatic rings. The van der Waals surface area contributed by atoms with Gasteiger partial charge in [0.25, 0.3) is 0 Å². The second kappa shape index (κ2) is 10.1. The zero-order valence-electron chi connectivity index (χ0n) is 17.2. The maximum atomic E-state index is 12.7. The molecular weight excluding hydrogens is 479 g/mol. The van der Waals surface area contributed by atoms with Gasteiger partial charge in [0.2, 0.25) is 11.8 Å². The Kier molecular flexibility index (Phi) is 7.76. The highest BCUT2D eigenvalue weighted by Crippen LogP contribution is 2.52. The highest BCUT2D eigenvalue weighted by molar-refractivity contribution is 14.0. The summed E-state index contributed by atoms with van der Waals surface area (Å²) in [5.74, 6) is 1.30. The van der Waals surface area contributed by atoms with E-state index in [0.29, 0.717) is 13.1 Å². The second-order valence-electron chi connectivity index (χ2n) is 8.47. The Morgan fingerprint density at radius 1 is 1.10 bits per heavy atom. The van der Waals surface area contributed by atoms with E-state index in [9.17, 15) is 9.59 Å². The molecule has 0 aromatic heterocycles. The SMILES string of the molecule is CN=C(NCCCN1C(=O)C2C3C=CC(C3)C2C1=O)NCCC1=CCCCC1.I. The van der Waals surface area contributed by atoms with Gasteiger partial charge in [0, 0.05) is 26.7 Å². The monoisotopic (exact) mass is 512 g/mol. The van der Waals surface area contributed by atoms with E-state index in [1.807, 2.05) is 0 Å². The Hall–Kier alpha value is -1.38. The number of rotatable bonds is 7. The Labute approximate surface area is 190 Å². The number of likely N-dealkylation sites (tertiary alicyclic amines) is 1. The van der Waals surface area contributed by atoms with Crippen molar-refractivity contribution < 1.29 is 9.59 Å². The fourth-order valence-corrected chi connectivity index (χ4v) is 5.32. The van der Waals surface area contributed by atoms with Crippen LogP contribution in [0.2, 0.25) is 0 Å². The Bertz CT molecular complexity index is 688. The zero-order valence-corrected chi connectivity index (χ0v) is 19.6. The number of halogens is 1. The molecule has 29 heavy (non-hydrogen) atoms. The van der Waals surface area contributed by atoms with Gasteiger partial charge >= 0.3 is 0 Å². The molecule has 1 saturated heterocycles. The lowest BCUT2D eigenvalue weighted by molar-refractivity contribution is -0.140. The van der Waals surface area contributed by atoms with Crippen LogP contribution in [0.25, 0.3) is 0 Å². The largest absolute Gasteiger partial charge is 0.356 e. The predicted octanol–water partition coefficient (Wildman–Crippen LogP) is 2.86. The topological polar surface area (TPSA) is 73.8 Å². The van der Waals surface area contributed by atoms with E-state index in [2.05, 4.69) is 33.9 Å². The van der Waals surface area contributed by atoms with Crippen LogP contribution in [-0.4, -0.2) is 49.4 Å². The van der Waals surface area contributed by atoms with Gasteiger partial charge in [-0.1, -0.05) is 23.8 Å². The molecular formula is C22H33IN4O2. The number of nitrogens with one attached hydrogen (secondary N) is 2. The van der Waals surface area contributed by atoms with Gasteiger partial charge in [-0.05, 0) is 56.8 Å². The molecule has 2 N–H and O–H groups in total. The Morgan fingerprint density at radius 3 is 2.41 bits per heavy atom. The van der Waals surface area contributed by atoms with E-state index in [1.165, 1.54) is 30.6 Å². The Balaban J connectivity index is 0.00000240. The van der Waals surface area contributed by atoms with Crippen LogP contribution in [0.1, 0.15) is 44.9 Å². The van der Waals surface area contributed by atoms with Crippen LogP contribution in [0, 0.1) is 23.7 Å². The first kappa shape index (κ1) is 22.3. The van der Waals surface area contributed by atoms with Crippen molar-refractivity contribution in [2.45, 2.75) is 44.9 Å². The molecule has 0 aromatic carbocycles. The molecule has 2 bridgehead atoms. The van der Waals surface area contributed by atoms with Gasteiger partial charge in [0.1, 0.15) is 0 Å². The van der Waals surface area contributed by atoms with Crippen molar-refractivity contribution in [3.8, 4) is 0 Å². The number of amides is 2. The smallest absolute Gasteiger partial charge is 0.233 e. The summed E-state index contributed by atoms with van der Waals surface area (Å²) in [5.41, 5.74) is 1.55. The minimum absolute atomic E-state index is 0. The quantitative estimate of drug-likeness (QED) is 0.138. The van der Waals surface area contributed by atoms with E-state index in [4.69, 9.17) is 0 Å². The maximum absolute atomic E-state index is 12.7. The van der Waals surface area contributed by atoms with Crippen molar-refractivity contribution in [3.05, 3.63) is 23.8 Å². The molecule has 4 aliphatic rings. The maximum Gasteiger partial charge on any atom is 0.233 e. The number of allylic oxidation sites excluding steroid dienone is 3. The van der Waals surface area contributed by atoms with E-state index in [1.54, 1.807) is 12.6 Å². The van der Waals surface area contributed by atoms with Gasteiger partial charge in [-0.15, -0.1) is 24.0 Å². The van der Waals surface area contributed by atoms with Crippen molar-refractivity contribution in [2.75, 3.05) is 26.7 Å². The Morgan fingerprint density at radius 2 is 1.79 bits per heavy atom. The zero-order chi connectivity index (χ0) is 19.5. The fraction of sp³-hybridized carbons (Fsp3) is 0.682. The molecule has 0 radical (unpaired) electrons. The lowest BCUT2D eigenvalue weighted by atomic mass is 9.85. The standard InChI is InChI=1S/C22H32N4O2.HI/c1-23-22(25-12-10-15-6-3-2-4-7-15)24-11-5-13-26-20(27)18-16-8-9-17(14-16)19(18)21(26)28;/h6,8-9,16-19H,2-5,7,10-14H2,1H3,(H2,23,24,25);1H. The van der Waals surface area contributed by atoms with E-state index >= 15 is 0 Å². The van der Waals surface area contributed by atoms with Crippen molar-refractivity contribution >= 4 is 41.8 Å². The molecule has 0 spiro atoms. The van der Waals surface area contributed by atoms with Crippen LogP contribution >= 0.6 is 24.0 Å². The van der Waals surface area contributed by atoms with Crippen molar-refractivity contribution in [2.24, 2.45) is 28.7 Å². The van der Waals surface area contributed by atoms with Crippen LogP contribution < -0.4 is 10.6 Å². The van der Waals surface area contributed by atoms with Crippen LogP contribution in [-0.2, 0) is 9.59 Å². The molecule has 6 nitrogen and oxygen atoms in total. The van der Waals surface area contributed by atoms with Gasteiger partial charge in [-0.3, -0.25) is 19.5 Å². The molecule has 2 fully saturated rings. The fourth-order valence-electron chi connectivity index (χ4n) is 5.32. The van der Waals surface area contributed by atoms with Gasteiger partial charge in [0.05, 0.1) is 11.8 Å². The molecule has 160 valence electrons. The van der Waals surface area contributed by atoms with Gasteiger partial charge in [-0.25, -0.2) is 0 Å². The van der Waals surface area contributed by atoms with E-state index in [0.717, 1.165) is 31.8 Å². The van der Waals surface area contributed by atoms with Crippen LogP contribution in [0.4, 0.5) is 0 Å². The van der Waals surface area contributed by atoms with Crippen LogP contribution in [0.15, 0.2) is 28.8 Å². The normalized spacial score (nSPS) is 30.3. The summed E-state index contributed by atoms with van der Waals surface area (Å²) in [6.45, 7) is 2.08. The summed E-state index contributed by atoms with van der Waals surface area (Å²) in [4.78, 5) is 31.1. The van der Waals surface area contributed by atoms with Gasteiger partial charge in [0.15, 0.2) is 5.96 Å². The molecule has 1 aliphatic heterocycles. The summed E-state index contributed by atoms with van der Waals surface area (Å²) in [6.07, 6.45) is 14.5. The summed E-state index contributed by atoms with van der Waals surface area (Å²) in [5, 5.41) is 6.66. The molecule has 1 heterocycles. The summed E-state index contributed by atoms with van der Waals surface area (Å²) < 4.78 is 0. The second-order valence-corrected chi connectivity index (χ2v) is 8.47. The number of carbonyl (C=O) groups excluding carboxylic acids is 2. The molecule has 3 aliphatic carbocycles. The lowest BCUT2D eigenvalue weighted by Crippen LogP contribution is -2.40. The number of hydrogen-bond donors (Lipinski definition) is 2. The molecule has 4 unspecified atom stereocenters. The first-order chi connectivity index (χ1) is 13.7. The third-order valence-electron chi connectivity index (χ3n) is 6.76. The average Bonchev–Trinajstić information content (AvgIpc) is 3.39. The molecule has 2 amide bonds. The van der Waals surface area contributed by atoms with Crippen molar-refractivity contribution in [1.82, 2.24) is 15.5 Å². The molecule has 4 atom stereocenters. The van der Waals surface area contributed by atoms with Gasteiger partial charge in [-0.2, -0.15) is 0 Å². The number of nitrogens with zero attached hydrogens (tertiary/aromatic N) is 2. The number of guanidine groups is 1. The van der Waals surface area contributed by atoms with E-state index < -0.39 is 0 Å². The predicted molar refractivity (Wildman–Crippen MR) is 125 cm³/mol. The van der Waals surface area contributed by atoms with Crippen LogP contribution in [0.3, 0.4) is 0 Å². The first-order valence-corrected chi connectivity index (χ1v) is 10.8. The number of aliphatic imine (C=N–C) groups is 1. The number of carbonyl (C=O) groups is 2. The summed E-state index contributed by atoms with van der Waals surface area (Å²) in [7, 11) is 1.77. The van der Waals surface area contributed by atoms with Crippen LogP contribution in [0.5, 0.6) is 0 Å². The summed E-state index contributed by atoms with van der Waals surface area (Å²) >= 11 is 0.